The number of hydrogen-bond acceptors (Lipinski definition) is 5. The summed E-state index contributed by atoms with van der Waals surface area (Å²) in [6.45, 7) is 0.572. The Morgan fingerprint density at radius 1 is 1.08 bits per heavy atom. The van der Waals surface area contributed by atoms with Crippen LogP contribution in [0, 0.1) is 0 Å². The van der Waals surface area contributed by atoms with E-state index in [2.05, 4.69) is 10.1 Å². The smallest absolute Gasteiger partial charge is 0.337 e. The summed E-state index contributed by atoms with van der Waals surface area (Å²) in [4.78, 5) is 25.5. The molecule has 6 nitrogen and oxygen atoms in total. The number of carbonyl (C=O) groups excluding carboxylic acids is 2. The van der Waals surface area contributed by atoms with Gasteiger partial charge in [0.05, 0.1) is 26.3 Å². The molecule has 0 aliphatic heterocycles. The van der Waals surface area contributed by atoms with E-state index in [9.17, 15) is 9.59 Å². The Bertz CT molecular complexity index is 746. The van der Waals surface area contributed by atoms with Crippen molar-refractivity contribution in [2.45, 2.75) is 6.54 Å². The number of nitrogens with zero attached hydrogens (tertiary/aromatic N) is 1. The van der Waals surface area contributed by atoms with Gasteiger partial charge in [-0.05, 0) is 24.3 Å². The largest absolute Gasteiger partial charge is 0.496 e. The number of ether oxygens (including phenoxy) is 2. The average molecular weight is 342 g/mol. The highest BCUT2D eigenvalue weighted by Gasteiger charge is 2.12. The lowest BCUT2D eigenvalue weighted by molar-refractivity contribution is -0.128. The second-order valence-electron chi connectivity index (χ2n) is 5.49. The van der Waals surface area contributed by atoms with E-state index in [1.807, 2.05) is 24.3 Å². The van der Waals surface area contributed by atoms with Gasteiger partial charge in [0.15, 0.2) is 0 Å². The molecule has 0 atom stereocenters. The number of amides is 1. The zero-order valence-electron chi connectivity index (χ0n) is 14.6. The molecule has 0 aliphatic rings. The highest BCUT2D eigenvalue weighted by Crippen LogP contribution is 2.19. The second-order valence-corrected chi connectivity index (χ2v) is 5.49. The fourth-order valence-corrected chi connectivity index (χ4v) is 2.36. The summed E-state index contributed by atoms with van der Waals surface area (Å²) in [5.74, 6) is 0.263. The predicted octanol–water partition coefficient (Wildman–Crippen LogP) is 2.55. The summed E-state index contributed by atoms with van der Waals surface area (Å²) in [5, 5.41) is 3.03. The van der Waals surface area contributed by atoms with Crippen molar-refractivity contribution in [1.82, 2.24) is 4.90 Å². The number of hydrogen-bond donors (Lipinski definition) is 1. The number of benzene rings is 2. The van der Waals surface area contributed by atoms with E-state index >= 15 is 0 Å². The first-order chi connectivity index (χ1) is 12.0. The van der Waals surface area contributed by atoms with Gasteiger partial charge in [-0.15, -0.1) is 0 Å². The summed E-state index contributed by atoms with van der Waals surface area (Å²) in [7, 11) is 4.68. The molecule has 0 fully saturated rings. The number of esters is 1. The topological polar surface area (TPSA) is 67.9 Å². The molecule has 0 unspecified atom stereocenters. The maximum atomic E-state index is 12.3. The standard InChI is InChI=1S/C19H22N2O4/c1-21(13-15-7-4-5-10-17(15)24-2)18(22)12-20-16-9-6-8-14(11-16)19(23)25-3/h4-11,20H,12-13H2,1-3H3. The number of anilines is 1. The van der Waals surface area contributed by atoms with Crippen molar-refractivity contribution in [1.29, 1.82) is 0 Å². The molecular formula is C19H22N2O4. The third-order valence-electron chi connectivity index (χ3n) is 3.75. The summed E-state index contributed by atoms with van der Waals surface area (Å²) < 4.78 is 9.99. The van der Waals surface area contributed by atoms with Crippen molar-refractivity contribution in [3.63, 3.8) is 0 Å². The summed E-state index contributed by atoms with van der Waals surface area (Å²) in [6.07, 6.45) is 0. The molecule has 0 saturated heterocycles. The molecule has 0 aliphatic carbocycles. The molecule has 0 heterocycles. The summed E-state index contributed by atoms with van der Waals surface area (Å²) in [6, 6.07) is 14.4. The number of carbonyl (C=O) groups is 2. The van der Waals surface area contributed by atoms with Crippen LogP contribution in [0.1, 0.15) is 15.9 Å². The molecule has 132 valence electrons. The van der Waals surface area contributed by atoms with Gasteiger partial charge in [0, 0.05) is 24.8 Å². The Morgan fingerprint density at radius 2 is 1.84 bits per heavy atom. The Labute approximate surface area is 147 Å². The van der Waals surface area contributed by atoms with Gasteiger partial charge in [0.25, 0.3) is 0 Å². The van der Waals surface area contributed by atoms with Crippen LogP contribution in [0.3, 0.4) is 0 Å². The number of methoxy groups -OCH3 is 2. The highest BCUT2D eigenvalue weighted by atomic mass is 16.5. The predicted molar refractivity (Wildman–Crippen MR) is 95.7 cm³/mol. The van der Waals surface area contributed by atoms with Crippen molar-refractivity contribution in [2.24, 2.45) is 0 Å². The molecular weight excluding hydrogens is 320 g/mol. The Kier molecular flexibility index (Phi) is 6.39. The van der Waals surface area contributed by atoms with Crippen LogP contribution in [0.25, 0.3) is 0 Å². The Morgan fingerprint density at radius 3 is 2.56 bits per heavy atom. The maximum absolute atomic E-state index is 12.3. The van der Waals surface area contributed by atoms with Crippen molar-refractivity contribution in [3.8, 4) is 5.75 Å². The fraction of sp³-hybridized carbons (Fsp3) is 0.263. The van der Waals surface area contributed by atoms with Crippen LogP contribution in [0.2, 0.25) is 0 Å². The lowest BCUT2D eigenvalue weighted by Gasteiger charge is -2.19. The first-order valence-corrected chi connectivity index (χ1v) is 7.83. The van der Waals surface area contributed by atoms with Gasteiger partial charge in [0.2, 0.25) is 5.91 Å². The monoisotopic (exact) mass is 342 g/mol. The van der Waals surface area contributed by atoms with Crippen LogP contribution in [0.15, 0.2) is 48.5 Å². The van der Waals surface area contributed by atoms with Gasteiger partial charge < -0.3 is 19.7 Å². The van der Waals surface area contributed by atoms with Gasteiger partial charge in [-0.25, -0.2) is 4.79 Å². The third kappa shape index (κ3) is 4.97. The number of likely N-dealkylation sites (N-methyl/N-ethyl adjacent to an activating group) is 1. The van der Waals surface area contributed by atoms with Gasteiger partial charge in [0.1, 0.15) is 5.75 Å². The van der Waals surface area contributed by atoms with Crippen molar-refractivity contribution >= 4 is 17.6 Å². The van der Waals surface area contributed by atoms with E-state index in [0.717, 1.165) is 11.3 Å². The van der Waals surface area contributed by atoms with E-state index in [0.29, 0.717) is 17.8 Å². The second kappa shape index (κ2) is 8.73. The van der Waals surface area contributed by atoms with Crippen LogP contribution in [0.4, 0.5) is 5.69 Å². The molecule has 0 radical (unpaired) electrons. The van der Waals surface area contributed by atoms with Gasteiger partial charge in [-0.2, -0.15) is 0 Å². The van der Waals surface area contributed by atoms with Crippen molar-refractivity contribution in [3.05, 3.63) is 59.7 Å². The van der Waals surface area contributed by atoms with Crippen molar-refractivity contribution < 1.29 is 19.1 Å². The van der Waals surface area contributed by atoms with Gasteiger partial charge in [-0.1, -0.05) is 24.3 Å². The van der Waals surface area contributed by atoms with Gasteiger partial charge >= 0.3 is 5.97 Å². The van der Waals surface area contributed by atoms with Gasteiger partial charge in [-0.3, -0.25) is 4.79 Å². The average Bonchev–Trinajstić information content (AvgIpc) is 2.66. The van der Waals surface area contributed by atoms with Crippen molar-refractivity contribution in [2.75, 3.05) is 33.1 Å². The summed E-state index contributed by atoms with van der Waals surface area (Å²) in [5.41, 5.74) is 2.05. The molecule has 0 spiro atoms. The molecule has 1 amide bonds. The minimum absolute atomic E-state index is 0.0747. The maximum Gasteiger partial charge on any atom is 0.337 e. The highest BCUT2D eigenvalue weighted by molar-refractivity contribution is 5.90. The zero-order chi connectivity index (χ0) is 18.2. The number of nitrogens with one attached hydrogen (secondary N) is 1. The van der Waals surface area contributed by atoms with Crippen LogP contribution in [-0.4, -0.2) is 44.6 Å². The quantitative estimate of drug-likeness (QED) is 0.783. The first-order valence-electron chi connectivity index (χ1n) is 7.83. The zero-order valence-corrected chi connectivity index (χ0v) is 14.6. The molecule has 0 bridgehead atoms. The molecule has 2 aromatic rings. The molecule has 2 rings (SSSR count). The molecule has 25 heavy (non-hydrogen) atoms. The van der Waals surface area contributed by atoms with E-state index in [-0.39, 0.29) is 12.5 Å². The Hall–Kier alpha value is -3.02. The van der Waals surface area contributed by atoms with E-state index < -0.39 is 5.97 Å². The Balaban J connectivity index is 1.94. The fourth-order valence-electron chi connectivity index (χ4n) is 2.36. The SMILES string of the molecule is COC(=O)c1cccc(NCC(=O)N(C)Cc2ccccc2OC)c1. The van der Waals surface area contributed by atoms with E-state index in [1.54, 1.807) is 43.3 Å². The summed E-state index contributed by atoms with van der Waals surface area (Å²) >= 11 is 0. The minimum atomic E-state index is -0.414. The van der Waals surface area contributed by atoms with E-state index in [4.69, 9.17) is 4.74 Å². The normalized spacial score (nSPS) is 10.0. The van der Waals surface area contributed by atoms with Crippen LogP contribution in [-0.2, 0) is 16.1 Å². The van der Waals surface area contributed by atoms with Crippen LogP contribution in [0.5, 0.6) is 5.75 Å². The number of rotatable bonds is 7. The third-order valence-corrected chi connectivity index (χ3v) is 3.75. The minimum Gasteiger partial charge on any atom is -0.496 e. The molecule has 6 heteroatoms. The molecule has 0 aromatic heterocycles. The molecule has 0 saturated carbocycles. The molecule has 1 N–H and O–H groups in total. The lowest BCUT2D eigenvalue weighted by atomic mass is 10.2. The number of para-hydroxylation sites is 1. The lowest BCUT2D eigenvalue weighted by Crippen LogP contribution is -2.31. The van der Waals surface area contributed by atoms with Crippen LogP contribution < -0.4 is 10.1 Å². The first kappa shape index (κ1) is 18.3. The van der Waals surface area contributed by atoms with E-state index in [1.165, 1.54) is 7.11 Å². The molecule has 2 aromatic carbocycles. The van der Waals surface area contributed by atoms with Crippen LogP contribution >= 0.6 is 0 Å².